The van der Waals surface area contributed by atoms with Gasteiger partial charge in [-0.2, -0.15) is 13.2 Å². The molecular formula is C16H13ClF3N3O3S. The van der Waals surface area contributed by atoms with Crippen LogP contribution in [0.15, 0.2) is 23.6 Å². The van der Waals surface area contributed by atoms with Crippen molar-refractivity contribution in [3.63, 3.8) is 0 Å². The van der Waals surface area contributed by atoms with Crippen molar-refractivity contribution in [2.45, 2.75) is 12.6 Å². The average Bonchev–Trinajstić information content (AvgIpc) is 3.21. The molecule has 1 aliphatic heterocycles. The number of rotatable bonds is 4. The maximum absolute atomic E-state index is 12.6. The smallest absolute Gasteiger partial charge is 0.434 e. The second-order valence-corrected chi connectivity index (χ2v) is 7.04. The van der Waals surface area contributed by atoms with Crippen LogP contribution >= 0.6 is 22.9 Å². The molecular weight excluding hydrogens is 407 g/mol. The minimum atomic E-state index is -4.58. The Morgan fingerprint density at radius 1 is 1.44 bits per heavy atom. The number of hydrogen-bond donors (Lipinski definition) is 1. The topological polar surface area (TPSA) is 71.5 Å². The maximum Gasteiger partial charge on any atom is 0.434 e. The minimum Gasteiger partial charge on any atom is -0.495 e. The van der Waals surface area contributed by atoms with Gasteiger partial charge in [0.1, 0.15) is 5.75 Å². The first-order chi connectivity index (χ1) is 12.7. The minimum absolute atomic E-state index is 0.0544. The molecule has 3 rings (SSSR count). The van der Waals surface area contributed by atoms with Gasteiger partial charge in [-0.1, -0.05) is 11.6 Å². The Morgan fingerprint density at radius 3 is 2.81 bits per heavy atom. The normalized spacial score (nSPS) is 17.3. The Balaban J connectivity index is 1.73. The van der Waals surface area contributed by atoms with E-state index >= 15 is 0 Å². The summed E-state index contributed by atoms with van der Waals surface area (Å²) in [5.41, 5.74) is -0.644. The highest BCUT2D eigenvalue weighted by Gasteiger charge is 2.37. The van der Waals surface area contributed by atoms with Gasteiger partial charge in [0.2, 0.25) is 11.8 Å². The molecule has 1 atom stereocenters. The standard InChI is InChI=1S/C16H13ClF3N3O3S/c1-26-11-3-2-9(17)5-10(11)23-6-8(4-13(23)24)14(25)22-15-21-12(7-27-15)16(18,19)20/h2-3,5,7-8H,4,6H2,1H3,(H,21,22,25). The summed E-state index contributed by atoms with van der Waals surface area (Å²) in [5, 5.41) is 3.39. The number of thiazole rings is 1. The van der Waals surface area contributed by atoms with Crippen LogP contribution in [-0.2, 0) is 15.8 Å². The number of aromatic nitrogens is 1. The number of halogens is 4. The number of carbonyl (C=O) groups excluding carboxylic acids is 2. The summed E-state index contributed by atoms with van der Waals surface area (Å²) < 4.78 is 43.0. The fourth-order valence-corrected chi connectivity index (χ4v) is 3.55. The number of nitrogens with zero attached hydrogens (tertiary/aromatic N) is 2. The second kappa shape index (κ2) is 7.35. The molecule has 1 N–H and O–H groups in total. The summed E-state index contributed by atoms with van der Waals surface area (Å²) in [6.07, 6.45) is -4.66. The number of ether oxygens (including phenoxy) is 1. The molecule has 2 aromatic rings. The zero-order valence-electron chi connectivity index (χ0n) is 13.8. The van der Waals surface area contributed by atoms with Gasteiger partial charge in [0, 0.05) is 23.4 Å². The van der Waals surface area contributed by atoms with Crippen molar-refractivity contribution in [2.75, 3.05) is 23.9 Å². The van der Waals surface area contributed by atoms with E-state index in [1.165, 1.54) is 12.0 Å². The van der Waals surface area contributed by atoms with Crippen LogP contribution in [0.25, 0.3) is 0 Å². The van der Waals surface area contributed by atoms with E-state index in [4.69, 9.17) is 16.3 Å². The zero-order chi connectivity index (χ0) is 19.8. The molecule has 0 radical (unpaired) electrons. The molecule has 0 spiro atoms. The number of amides is 2. The molecule has 0 bridgehead atoms. The molecule has 1 fully saturated rings. The Morgan fingerprint density at radius 2 is 2.19 bits per heavy atom. The van der Waals surface area contributed by atoms with Crippen LogP contribution in [-0.4, -0.2) is 30.5 Å². The van der Waals surface area contributed by atoms with Crippen molar-refractivity contribution in [2.24, 2.45) is 5.92 Å². The van der Waals surface area contributed by atoms with Crippen molar-refractivity contribution in [3.05, 3.63) is 34.3 Å². The van der Waals surface area contributed by atoms with Gasteiger partial charge in [-0.3, -0.25) is 9.59 Å². The fraction of sp³-hybridized carbons (Fsp3) is 0.312. The van der Waals surface area contributed by atoms with Gasteiger partial charge in [0.25, 0.3) is 0 Å². The highest BCUT2D eigenvalue weighted by Crippen LogP contribution is 2.36. The number of benzene rings is 1. The largest absolute Gasteiger partial charge is 0.495 e. The molecule has 0 aliphatic carbocycles. The molecule has 2 amide bonds. The molecule has 1 saturated heterocycles. The van der Waals surface area contributed by atoms with Gasteiger partial charge < -0.3 is 15.0 Å². The number of alkyl halides is 3. The zero-order valence-corrected chi connectivity index (χ0v) is 15.4. The quantitative estimate of drug-likeness (QED) is 0.818. The predicted molar refractivity (Wildman–Crippen MR) is 94.2 cm³/mol. The lowest BCUT2D eigenvalue weighted by Crippen LogP contribution is -2.28. The monoisotopic (exact) mass is 419 g/mol. The highest BCUT2D eigenvalue weighted by molar-refractivity contribution is 7.13. The lowest BCUT2D eigenvalue weighted by molar-refractivity contribution is -0.140. The lowest BCUT2D eigenvalue weighted by atomic mass is 10.1. The van der Waals surface area contributed by atoms with Gasteiger partial charge in [-0.05, 0) is 18.2 Å². The molecule has 2 heterocycles. The third-order valence-electron chi connectivity index (χ3n) is 3.95. The van der Waals surface area contributed by atoms with Gasteiger partial charge in [-0.25, -0.2) is 4.98 Å². The van der Waals surface area contributed by atoms with Crippen molar-refractivity contribution >= 4 is 45.6 Å². The summed E-state index contributed by atoms with van der Waals surface area (Å²) in [5.74, 6) is -1.20. The van der Waals surface area contributed by atoms with Gasteiger partial charge in [-0.15, -0.1) is 11.3 Å². The van der Waals surface area contributed by atoms with Crippen molar-refractivity contribution < 1.29 is 27.5 Å². The van der Waals surface area contributed by atoms with Gasteiger partial charge in [0.15, 0.2) is 10.8 Å². The number of nitrogens with one attached hydrogen (secondary N) is 1. The van der Waals surface area contributed by atoms with E-state index in [1.54, 1.807) is 18.2 Å². The average molecular weight is 420 g/mol. The van der Waals surface area contributed by atoms with E-state index in [2.05, 4.69) is 10.3 Å². The molecule has 1 aromatic heterocycles. The Kier molecular flexibility index (Phi) is 5.29. The summed E-state index contributed by atoms with van der Waals surface area (Å²) in [4.78, 5) is 29.4. The number of hydrogen-bond acceptors (Lipinski definition) is 5. The Labute approximate surface area is 160 Å². The summed E-state index contributed by atoms with van der Waals surface area (Å²) in [7, 11) is 1.44. The summed E-state index contributed by atoms with van der Waals surface area (Å²) in [6, 6.07) is 4.76. The first-order valence-corrected chi connectivity index (χ1v) is 8.92. The SMILES string of the molecule is COc1ccc(Cl)cc1N1CC(C(=O)Nc2nc(C(F)(F)F)cs2)CC1=O. The molecule has 6 nitrogen and oxygen atoms in total. The van der Waals surface area contributed by atoms with Crippen molar-refractivity contribution in [1.82, 2.24) is 4.98 Å². The predicted octanol–water partition coefficient (Wildman–Crippen LogP) is 3.82. The second-order valence-electron chi connectivity index (χ2n) is 5.75. The maximum atomic E-state index is 12.6. The van der Waals surface area contributed by atoms with Crippen LogP contribution in [0.4, 0.5) is 24.0 Å². The molecule has 27 heavy (non-hydrogen) atoms. The van der Waals surface area contributed by atoms with Gasteiger partial charge in [0.05, 0.1) is 18.7 Å². The van der Waals surface area contributed by atoms with Crippen LogP contribution in [0.1, 0.15) is 12.1 Å². The van der Waals surface area contributed by atoms with Crippen LogP contribution in [0.2, 0.25) is 5.02 Å². The first-order valence-electron chi connectivity index (χ1n) is 7.66. The third kappa shape index (κ3) is 4.16. The van der Waals surface area contributed by atoms with E-state index in [0.29, 0.717) is 27.8 Å². The molecule has 1 unspecified atom stereocenters. The fourth-order valence-electron chi connectivity index (χ4n) is 2.66. The molecule has 144 valence electrons. The van der Waals surface area contributed by atoms with E-state index in [-0.39, 0.29) is 24.0 Å². The van der Waals surface area contributed by atoms with Crippen LogP contribution in [0, 0.1) is 5.92 Å². The van der Waals surface area contributed by atoms with Crippen LogP contribution < -0.4 is 15.0 Å². The Hall–Kier alpha value is -2.33. The van der Waals surface area contributed by atoms with Crippen molar-refractivity contribution in [3.8, 4) is 5.75 Å². The summed E-state index contributed by atoms with van der Waals surface area (Å²) >= 11 is 6.64. The van der Waals surface area contributed by atoms with E-state index in [1.807, 2.05) is 0 Å². The lowest BCUT2D eigenvalue weighted by Gasteiger charge is -2.19. The molecule has 0 saturated carbocycles. The summed E-state index contributed by atoms with van der Waals surface area (Å²) in [6.45, 7) is 0.0544. The van der Waals surface area contributed by atoms with E-state index in [9.17, 15) is 22.8 Å². The Bertz CT molecular complexity index is 887. The van der Waals surface area contributed by atoms with Gasteiger partial charge >= 0.3 is 6.18 Å². The van der Waals surface area contributed by atoms with Crippen LogP contribution in [0.3, 0.4) is 0 Å². The van der Waals surface area contributed by atoms with E-state index in [0.717, 1.165) is 5.38 Å². The molecule has 11 heteroatoms. The third-order valence-corrected chi connectivity index (χ3v) is 4.95. The first kappa shape index (κ1) is 19.4. The number of methoxy groups -OCH3 is 1. The molecule has 1 aliphatic rings. The van der Waals surface area contributed by atoms with Crippen molar-refractivity contribution in [1.29, 1.82) is 0 Å². The van der Waals surface area contributed by atoms with E-state index < -0.39 is 23.7 Å². The highest BCUT2D eigenvalue weighted by atomic mass is 35.5. The number of anilines is 2. The number of carbonyl (C=O) groups is 2. The molecule has 1 aromatic carbocycles. The van der Waals surface area contributed by atoms with Crippen LogP contribution in [0.5, 0.6) is 5.75 Å².